The smallest absolute Gasteiger partial charge is 0.244 e. The van der Waals surface area contributed by atoms with E-state index >= 15 is 0 Å². The summed E-state index contributed by atoms with van der Waals surface area (Å²) in [6.45, 7) is 3.58. The van der Waals surface area contributed by atoms with Crippen molar-refractivity contribution in [1.29, 1.82) is 0 Å². The van der Waals surface area contributed by atoms with Crippen LogP contribution < -0.4 is 14.4 Å². The van der Waals surface area contributed by atoms with Gasteiger partial charge in [-0.25, -0.2) is 8.42 Å². The molecule has 9 heteroatoms. The number of benzene rings is 2. The van der Waals surface area contributed by atoms with E-state index in [0.29, 0.717) is 18.0 Å². The lowest BCUT2D eigenvalue weighted by Gasteiger charge is -2.31. The number of hydrogen-bond acceptors (Lipinski definition) is 5. The van der Waals surface area contributed by atoms with E-state index in [1.807, 2.05) is 30.3 Å². The van der Waals surface area contributed by atoms with E-state index in [0.717, 1.165) is 16.1 Å². The molecule has 2 aromatic carbocycles. The van der Waals surface area contributed by atoms with Crippen LogP contribution in [-0.2, 0) is 26.2 Å². The van der Waals surface area contributed by atoms with Crippen LogP contribution in [0.3, 0.4) is 0 Å². The van der Waals surface area contributed by atoms with Gasteiger partial charge in [-0.3, -0.25) is 13.9 Å². The first-order valence-corrected chi connectivity index (χ1v) is 11.7. The van der Waals surface area contributed by atoms with Gasteiger partial charge in [0.1, 0.15) is 18.3 Å². The summed E-state index contributed by atoms with van der Waals surface area (Å²) in [5.41, 5.74) is 1.14. The summed E-state index contributed by atoms with van der Waals surface area (Å²) in [4.78, 5) is 27.1. The summed E-state index contributed by atoms with van der Waals surface area (Å²) >= 11 is 0. The molecule has 8 nitrogen and oxygen atoms in total. The molecule has 0 fully saturated rings. The van der Waals surface area contributed by atoms with Crippen LogP contribution in [-0.4, -0.2) is 57.6 Å². The van der Waals surface area contributed by atoms with E-state index in [-0.39, 0.29) is 12.5 Å². The molecule has 0 radical (unpaired) electrons. The van der Waals surface area contributed by atoms with E-state index < -0.39 is 28.5 Å². The van der Waals surface area contributed by atoms with Crippen molar-refractivity contribution in [2.75, 3.05) is 30.8 Å². The summed E-state index contributed by atoms with van der Waals surface area (Å²) in [6.07, 6.45) is 1.04. The van der Waals surface area contributed by atoms with E-state index in [4.69, 9.17) is 4.74 Å². The fourth-order valence-corrected chi connectivity index (χ4v) is 3.91. The molecule has 0 heterocycles. The fraction of sp³-hybridized carbons (Fsp3) is 0.364. The molecule has 1 N–H and O–H groups in total. The van der Waals surface area contributed by atoms with Crippen molar-refractivity contribution < 1.29 is 22.7 Å². The quantitative estimate of drug-likeness (QED) is 0.601. The van der Waals surface area contributed by atoms with Gasteiger partial charge >= 0.3 is 0 Å². The maximum Gasteiger partial charge on any atom is 0.244 e. The Kier molecular flexibility index (Phi) is 8.44. The van der Waals surface area contributed by atoms with Crippen LogP contribution in [0.15, 0.2) is 54.6 Å². The van der Waals surface area contributed by atoms with Crippen molar-refractivity contribution in [2.45, 2.75) is 26.4 Å². The van der Waals surface area contributed by atoms with Gasteiger partial charge < -0.3 is 15.0 Å². The van der Waals surface area contributed by atoms with Gasteiger partial charge in [-0.15, -0.1) is 0 Å². The molecule has 2 amide bonds. The average molecular weight is 448 g/mol. The van der Waals surface area contributed by atoms with Gasteiger partial charge in [-0.05, 0) is 31.5 Å². The standard InChI is InChI=1S/C22H29N3O5S/c1-5-23-22(27)17(2)24(15-18-10-7-6-8-11-18)21(26)16-25(31(4,28)29)19-12-9-13-20(14-19)30-3/h6-14,17H,5,15-16H2,1-4H3,(H,23,27). The first kappa shape index (κ1) is 24.2. The normalized spacial score (nSPS) is 12.0. The molecule has 0 saturated carbocycles. The molecule has 0 aliphatic rings. The molecule has 2 rings (SSSR count). The maximum atomic E-state index is 13.3. The first-order valence-electron chi connectivity index (χ1n) is 9.90. The third-order valence-electron chi connectivity index (χ3n) is 4.73. The Morgan fingerprint density at radius 2 is 1.77 bits per heavy atom. The van der Waals surface area contributed by atoms with Gasteiger partial charge in [0.25, 0.3) is 0 Å². The largest absolute Gasteiger partial charge is 0.497 e. The highest BCUT2D eigenvalue weighted by Crippen LogP contribution is 2.23. The molecule has 0 spiro atoms. The summed E-state index contributed by atoms with van der Waals surface area (Å²) in [6, 6.07) is 14.9. The number of anilines is 1. The highest BCUT2D eigenvalue weighted by molar-refractivity contribution is 7.92. The Balaban J connectivity index is 2.37. The second kappa shape index (κ2) is 10.8. The Labute approximate surface area is 183 Å². The summed E-state index contributed by atoms with van der Waals surface area (Å²) in [7, 11) is -2.29. The second-order valence-electron chi connectivity index (χ2n) is 7.05. The van der Waals surface area contributed by atoms with Crippen LogP contribution in [0, 0.1) is 0 Å². The predicted molar refractivity (Wildman–Crippen MR) is 120 cm³/mol. The molecule has 1 atom stereocenters. The number of rotatable bonds is 10. The van der Waals surface area contributed by atoms with E-state index in [9.17, 15) is 18.0 Å². The zero-order valence-corrected chi connectivity index (χ0v) is 19.1. The van der Waals surface area contributed by atoms with Gasteiger partial charge in [-0.1, -0.05) is 36.4 Å². The van der Waals surface area contributed by atoms with Crippen molar-refractivity contribution >= 4 is 27.5 Å². The van der Waals surface area contributed by atoms with E-state index in [1.54, 1.807) is 38.1 Å². The molecule has 0 aliphatic carbocycles. The van der Waals surface area contributed by atoms with Gasteiger partial charge in [0.05, 0.1) is 19.1 Å². The van der Waals surface area contributed by atoms with Crippen LogP contribution in [0.2, 0.25) is 0 Å². The van der Waals surface area contributed by atoms with Crippen molar-refractivity contribution in [1.82, 2.24) is 10.2 Å². The number of carbonyl (C=O) groups excluding carboxylic acids is 2. The van der Waals surface area contributed by atoms with Crippen LogP contribution >= 0.6 is 0 Å². The predicted octanol–water partition coefficient (Wildman–Crippen LogP) is 2.01. The Bertz CT molecular complexity index is 995. The molecule has 0 aromatic heterocycles. The molecule has 2 aromatic rings. The minimum Gasteiger partial charge on any atom is -0.497 e. The van der Waals surface area contributed by atoms with Crippen LogP contribution in [0.25, 0.3) is 0 Å². The lowest BCUT2D eigenvalue weighted by molar-refractivity contribution is -0.139. The highest BCUT2D eigenvalue weighted by atomic mass is 32.2. The van der Waals surface area contributed by atoms with Crippen molar-refractivity contribution in [3.8, 4) is 5.75 Å². The van der Waals surface area contributed by atoms with Gasteiger partial charge in [0.15, 0.2) is 0 Å². The minimum atomic E-state index is -3.77. The maximum absolute atomic E-state index is 13.3. The van der Waals surface area contributed by atoms with Crippen molar-refractivity contribution in [3.63, 3.8) is 0 Å². The summed E-state index contributed by atoms with van der Waals surface area (Å²) in [5, 5.41) is 2.72. The van der Waals surface area contributed by atoms with Gasteiger partial charge in [0, 0.05) is 19.2 Å². The summed E-state index contributed by atoms with van der Waals surface area (Å²) < 4.78 is 31.2. The summed E-state index contributed by atoms with van der Waals surface area (Å²) in [5.74, 6) is -0.328. The van der Waals surface area contributed by atoms with Crippen molar-refractivity contribution in [3.05, 3.63) is 60.2 Å². The second-order valence-corrected chi connectivity index (χ2v) is 8.96. The molecular weight excluding hydrogens is 418 g/mol. The average Bonchev–Trinajstić information content (AvgIpc) is 2.75. The minimum absolute atomic E-state index is 0.174. The molecule has 31 heavy (non-hydrogen) atoms. The highest BCUT2D eigenvalue weighted by Gasteiger charge is 2.29. The SMILES string of the molecule is CCNC(=O)C(C)N(Cc1ccccc1)C(=O)CN(c1cccc(OC)c1)S(C)(=O)=O. The fourth-order valence-electron chi connectivity index (χ4n) is 3.06. The lowest BCUT2D eigenvalue weighted by atomic mass is 10.1. The monoisotopic (exact) mass is 447 g/mol. The first-order chi connectivity index (χ1) is 14.7. The molecule has 0 bridgehead atoms. The number of amides is 2. The number of methoxy groups -OCH3 is 1. The van der Waals surface area contributed by atoms with Crippen molar-refractivity contribution in [2.24, 2.45) is 0 Å². The van der Waals surface area contributed by atoms with Gasteiger partial charge in [0.2, 0.25) is 21.8 Å². The number of ether oxygens (including phenoxy) is 1. The van der Waals surface area contributed by atoms with Crippen LogP contribution in [0.5, 0.6) is 5.75 Å². The van der Waals surface area contributed by atoms with E-state index in [2.05, 4.69) is 5.32 Å². The zero-order valence-electron chi connectivity index (χ0n) is 18.2. The Morgan fingerprint density at radius 3 is 2.35 bits per heavy atom. The number of hydrogen-bond donors (Lipinski definition) is 1. The molecule has 168 valence electrons. The third-order valence-corrected chi connectivity index (χ3v) is 5.88. The van der Waals surface area contributed by atoms with Crippen LogP contribution in [0.1, 0.15) is 19.4 Å². The number of nitrogens with one attached hydrogen (secondary N) is 1. The zero-order chi connectivity index (χ0) is 23.0. The van der Waals surface area contributed by atoms with Crippen LogP contribution in [0.4, 0.5) is 5.69 Å². The lowest BCUT2D eigenvalue weighted by Crippen LogP contribution is -2.51. The van der Waals surface area contributed by atoms with E-state index in [1.165, 1.54) is 12.0 Å². The third kappa shape index (κ3) is 6.71. The molecule has 0 aliphatic heterocycles. The topological polar surface area (TPSA) is 96.0 Å². The number of likely N-dealkylation sites (N-methyl/N-ethyl adjacent to an activating group) is 1. The Hall–Kier alpha value is -3.07. The number of nitrogens with zero attached hydrogens (tertiary/aromatic N) is 2. The molecular formula is C22H29N3O5S. The molecule has 1 unspecified atom stereocenters. The molecule has 0 saturated heterocycles. The Morgan fingerprint density at radius 1 is 1.10 bits per heavy atom. The van der Waals surface area contributed by atoms with Gasteiger partial charge in [-0.2, -0.15) is 0 Å². The number of sulfonamides is 1. The number of carbonyl (C=O) groups is 2.